The van der Waals surface area contributed by atoms with Crippen LogP contribution in [0.25, 0.3) is 22.4 Å². The summed E-state index contributed by atoms with van der Waals surface area (Å²) in [6.45, 7) is 0.391. The zero-order valence-electron chi connectivity index (χ0n) is 18.1. The molecule has 0 atom stereocenters. The van der Waals surface area contributed by atoms with Gasteiger partial charge in [-0.05, 0) is 60.7 Å². The standard InChI is InChI=1S/C27H22N4O2/c1-31-25-10-3-2-9-24(25)30-26(31)20-11-13-22(14-12-20)29-27(32)21-7-4-8-23(16-21)33-18-19-6-5-15-28-17-19/h2-17H,18H2,1H3,(H,29,32). The quantitative estimate of drug-likeness (QED) is 0.385. The van der Waals surface area contributed by atoms with Gasteiger partial charge in [-0.25, -0.2) is 4.98 Å². The Morgan fingerprint density at radius 3 is 2.61 bits per heavy atom. The summed E-state index contributed by atoms with van der Waals surface area (Å²) in [6.07, 6.45) is 3.48. The first-order chi connectivity index (χ1) is 16.2. The summed E-state index contributed by atoms with van der Waals surface area (Å²) in [7, 11) is 2.00. The number of pyridine rings is 1. The lowest BCUT2D eigenvalue weighted by molar-refractivity contribution is 0.102. The van der Waals surface area contributed by atoms with Crippen LogP contribution in [-0.2, 0) is 13.7 Å². The minimum absolute atomic E-state index is 0.197. The predicted molar refractivity (Wildman–Crippen MR) is 129 cm³/mol. The van der Waals surface area contributed by atoms with E-state index in [1.807, 2.05) is 73.8 Å². The van der Waals surface area contributed by atoms with Gasteiger partial charge in [0.2, 0.25) is 0 Å². The highest BCUT2D eigenvalue weighted by Gasteiger charge is 2.11. The zero-order valence-corrected chi connectivity index (χ0v) is 18.1. The first kappa shape index (κ1) is 20.5. The Balaban J connectivity index is 1.27. The fourth-order valence-electron chi connectivity index (χ4n) is 3.69. The van der Waals surface area contributed by atoms with Crippen molar-refractivity contribution in [2.24, 2.45) is 7.05 Å². The minimum atomic E-state index is -0.197. The number of anilines is 1. The number of nitrogens with one attached hydrogen (secondary N) is 1. The van der Waals surface area contributed by atoms with Crippen molar-refractivity contribution in [3.8, 4) is 17.1 Å². The average molecular weight is 434 g/mol. The summed E-state index contributed by atoms with van der Waals surface area (Å²) in [5, 5.41) is 2.95. The van der Waals surface area contributed by atoms with Gasteiger partial charge in [-0.2, -0.15) is 0 Å². The third-order valence-electron chi connectivity index (χ3n) is 5.41. The molecular weight excluding hydrogens is 412 g/mol. The molecule has 0 radical (unpaired) electrons. The third kappa shape index (κ3) is 4.45. The van der Waals surface area contributed by atoms with E-state index in [0.717, 1.165) is 28.0 Å². The molecule has 162 valence electrons. The van der Waals surface area contributed by atoms with Crippen molar-refractivity contribution in [1.82, 2.24) is 14.5 Å². The number of fused-ring (bicyclic) bond motifs is 1. The number of hydrogen-bond acceptors (Lipinski definition) is 4. The fourth-order valence-corrected chi connectivity index (χ4v) is 3.69. The second kappa shape index (κ2) is 8.96. The van der Waals surface area contributed by atoms with Crippen LogP contribution in [0.15, 0.2) is 97.3 Å². The van der Waals surface area contributed by atoms with E-state index in [0.29, 0.717) is 23.6 Å². The summed E-state index contributed by atoms with van der Waals surface area (Å²) in [6, 6.07) is 26.7. The van der Waals surface area contributed by atoms with Gasteiger partial charge in [0.25, 0.3) is 5.91 Å². The van der Waals surface area contributed by atoms with Gasteiger partial charge in [0.1, 0.15) is 18.2 Å². The molecule has 33 heavy (non-hydrogen) atoms. The van der Waals surface area contributed by atoms with Crippen molar-refractivity contribution >= 4 is 22.6 Å². The molecule has 1 N–H and O–H groups in total. The van der Waals surface area contributed by atoms with Gasteiger partial charge in [-0.3, -0.25) is 9.78 Å². The number of para-hydroxylation sites is 2. The van der Waals surface area contributed by atoms with Gasteiger partial charge >= 0.3 is 0 Å². The van der Waals surface area contributed by atoms with Crippen LogP contribution in [0.2, 0.25) is 0 Å². The van der Waals surface area contributed by atoms with Gasteiger partial charge in [0, 0.05) is 41.8 Å². The molecule has 0 aliphatic carbocycles. The Kier molecular flexibility index (Phi) is 5.55. The van der Waals surface area contributed by atoms with E-state index in [-0.39, 0.29) is 5.91 Å². The number of hydrogen-bond donors (Lipinski definition) is 1. The maximum absolute atomic E-state index is 12.8. The van der Waals surface area contributed by atoms with E-state index < -0.39 is 0 Å². The number of carbonyl (C=O) groups is 1. The van der Waals surface area contributed by atoms with Crippen molar-refractivity contribution in [3.63, 3.8) is 0 Å². The van der Waals surface area contributed by atoms with Gasteiger partial charge in [0.15, 0.2) is 0 Å². The third-order valence-corrected chi connectivity index (χ3v) is 5.41. The van der Waals surface area contributed by atoms with Crippen molar-refractivity contribution in [3.05, 3.63) is 108 Å². The second-order valence-electron chi connectivity index (χ2n) is 7.69. The normalized spacial score (nSPS) is 10.8. The number of imidazole rings is 1. The highest BCUT2D eigenvalue weighted by atomic mass is 16.5. The number of aryl methyl sites for hydroxylation is 1. The SMILES string of the molecule is Cn1c(-c2ccc(NC(=O)c3cccc(OCc4cccnc4)c3)cc2)nc2ccccc21. The number of ether oxygens (including phenoxy) is 1. The molecule has 6 heteroatoms. The molecular formula is C27H22N4O2. The zero-order chi connectivity index (χ0) is 22.6. The molecule has 0 aliphatic heterocycles. The van der Waals surface area contributed by atoms with Gasteiger partial charge in [0.05, 0.1) is 11.0 Å². The maximum Gasteiger partial charge on any atom is 0.255 e. The van der Waals surface area contributed by atoms with Crippen molar-refractivity contribution < 1.29 is 9.53 Å². The fraction of sp³-hybridized carbons (Fsp3) is 0.0741. The second-order valence-corrected chi connectivity index (χ2v) is 7.69. The smallest absolute Gasteiger partial charge is 0.255 e. The number of amides is 1. The summed E-state index contributed by atoms with van der Waals surface area (Å²) in [5.74, 6) is 1.31. The van der Waals surface area contributed by atoms with Crippen LogP contribution in [0, 0.1) is 0 Å². The van der Waals surface area contributed by atoms with Crippen LogP contribution < -0.4 is 10.1 Å². The number of benzene rings is 3. The Bertz CT molecular complexity index is 1410. The van der Waals surface area contributed by atoms with Crippen LogP contribution >= 0.6 is 0 Å². The van der Waals surface area contributed by atoms with Crippen LogP contribution in [0.3, 0.4) is 0 Å². The molecule has 0 fully saturated rings. The average Bonchev–Trinajstić information content (AvgIpc) is 3.20. The van der Waals surface area contributed by atoms with Crippen molar-refractivity contribution in [2.75, 3.05) is 5.32 Å². The van der Waals surface area contributed by atoms with E-state index in [9.17, 15) is 4.79 Å². The number of nitrogens with zero attached hydrogens (tertiary/aromatic N) is 3. The molecule has 5 aromatic rings. The lowest BCUT2D eigenvalue weighted by Crippen LogP contribution is -2.12. The Morgan fingerprint density at radius 2 is 1.82 bits per heavy atom. The molecule has 0 unspecified atom stereocenters. The molecule has 1 amide bonds. The van der Waals surface area contributed by atoms with Crippen molar-refractivity contribution in [1.29, 1.82) is 0 Å². The maximum atomic E-state index is 12.8. The van der Waals surface area contributed by atoms with Crippen molar-refractivity contribution in [2.45, 2.75) is 6.61 Å². The van der Waals surface area contributed by atoms with Crippen LogP contribution in [0.4, 0.5) is 5.69 Å². The molecule has 0 bridgehead atoms. The number of aromatic nitrogens is 3. The summed E-state index contributed by atoms with van der Waals surface area (Å²) in [4.78, 5) is 21.6. The molecule has 0 spiro atoms. The first-order valence-electron chi connectivity index (χ1n) is 10.6. The van der Waals surface area contributed by atoms with Gasteiger partial charge in [-0.1, -0.05) is 24.3 Å². The van der Waals surface area contributed by atoms with E-state index in [1.54, 1.807) is 24.5 Å². The Labute approximate surface area is 191 Å². The Hall–Kier alpha value is -4.45. The van der Waals surface area contributed by atoms with E-state index in [1.165, 1.54) is 0 Å². The monoisotopic (exact) mass is 434 g/mol. The summed E-state index contributed by atoms with van der Waals surface area (Å²) < 4.78 is 7.87. The van der Waals surface area contributed by atoms with Gasteiger partial charge in [-0.15, -0.1) is 0 Å². The molecule has 2 heterocycles. The highest BCUT2D eigenvalue weighted by Crippen LogP contribution is 2.25. The Morgan fingerprint density at radius 1 is 0.970 bits per heavy atom. The molecule has 3 aromatic carbocycles. The highest BCUT2D eigenvalue weighted by molar-refractivity contribution is 6.04. The molecule has 2 aromatic heterocycles. The minimum Gasteiger partial charge on any atom is -0.489 e. The lowest BCUT2D eigenvalue weighted by atomic mass is 10.1. The molecule has 5 rings (SSSR count). The first-order valence-corrected chi connectivity index (χ1v) is 10.6. The van der Waals surface area contributed by atoms with E-state index in [4.69, 9.17) is 9.72 Å². The summed E-state index contributed by atoms with van der Waals surface area (Å²) >= 11 is 0. The molecule has 0 aliphatic rings. The largest absolute Gasteiger partial charge is 0.489 e. The molecule has 0 saturated heterocycles. The lowest BCUT2D eigenvalue weighted by Gasteiger charge is -2.09. The summed E-state index contributed by atoms with van der Waals surface area (Å²) in [5.41, 5.74) is 5.22. The molecule has 6 nitrogen and oxygen atoms in total. The van der Waals surface area contributed by atoms with Gasteiger partial charge < -0.3 is 14.6 Å². The number of carbonyl (C=O) groups excluding carboxylic acids is 1. The number of rotatable bonds is 6. The predicted octanol–water partition coefficient (Wildman–Crippen LogP) is 5.47. The molecule has 0 saturated carbocycles. The van der Waals surface area contributed by atoms with E-state index >= 15 is 0 Å². The topological polar surface area (TPSA) is 69.0 Å². The van der Waals surface area contributed by atoms with E-state index in [2.05, 4.69) is 20.9 Å². The van der Waals surface area contributed by atoms with Crippen LogP contribution in [0.1, 0.15) is 15.9 Å². The van der Waals surface area contributed by atoms with Crippen LogP contribution in [0.5, 0.6) is 5.75 Å². The van der Waals surface area contributed by atoms with Crippen LogP contribution in [-0.4, -0.2) is 20.4 Å².